The molecule has 1 atom stereocenters. The van der Waals surface area contributed by atoms with Gasteiger partial charge in [0.05, 0.1) is 6.61 Å². The average Bonchev–Trinajstić information content (AvgIpc) is 2.60. The van der Waals surface area contributed by atoms with E-state index in [0.717, 1.165) is 31.2 Å². The quantitative estimate of drug-likeness (QED) is 0.878. The summed E-state index contributed by atoms with van der Waals surface area (Å²) in [5, 5.41) is 12.5. The highest BCUT2D eigenvalue weighted by molar-refractivity contribution is 5.82. The van der Waals surface area contributed by atoms with Crippen LogP contribution >= 0.6 is 0 Å². The third-order valence-corrected chi connectivity index (χ3v) is 5.43. The van der Waals surface area contributed by atoms with Crippen LogP contribution in [0.1, 0.15) is 55.8 Å². The van der Waals surface area contributed by atoms with Gasteiger partial charge in [0.1, 0.15) is 0 Å². The number of aliphatic hydroxyl groups is 1. The lowest BCUT2D eigenvalue weighted by molar-refractivity contribution is -0.134. The summed E-state index contributed by atoms with van der Waals surface area (Å²) < 4.78 is 5.74. The average molecular weight is 317 g/mol. The molecule has 1 aliphatic carbocycles. The minimum Gasteiger partial charge on any atom is -0.396 e. The fraction of sp³-hybridized carbons (Fsp3) is 0.632. The van der Waals surface area contributed by atoms with E-state index < -0.39 is 6.10 Å². The molecule has 4 nitrogen and oxygen atoms in total. The van der Waals surface area contributed by atoms with Crippen molar-refractivity contribution >= 4 is 5.91 Å². The second-order valence-corrected chi connectivity index (χ2v) is 6.95. The number of carbonyl (C=O) groups excluding carboxylic acids is 1. The Morgan fingerprint density at radius 2 is 2.04 bits per heavy atom. The van der Waals surface area contributed by atoms with Gasteiger partial charge in [-0.15, -0.1) is 0 Å². The molecule has 1 heterocycles. The van der Waals surface area contributed by atoms with Crippen LogP contribution in [0.2, 0.25) is 0 Å². The number of aliphatic hydroxyl groups excluding tert-OH is 1. The first-order valence-corrected chi connectivity index (χ1v) is 8.82. The number of ether oxygens (including phenoxy) is 1. The first-order valence-electron chi connectivity index (χ1n) is 8.82. The van der Waals surface area contributed by atoms with Gasteiger partial charge in [0.25, 0.3) is 5.91 Å². The smallest absolute Gasteiger partial charge is 0.253 e. The van der Waals surface area contributed by atoms with Crippen LogP contribution in [0.25, 0.3) is 0 Å². The summed E-state index contributed by atoms with van der Waals surface area (Å²) in [6, 6.07) is 8.04. The van der Waals surface area contributed by atoms with Crippen LogP contribution in [0.15, 0.2) is 24.3 Å². The summed E-state index contributed by atoms with van der Waals surface area (Å²) in [4.78, 5) is 12.7. The molecule has 1 amide bonds. The van der Waals surface area contributed by atoms with Gasteiger partial charge in [-0.05, 0) is 42.2 Å². The fourth-order valence-corrected chi connectivity index (χ4v) is 4.03. The van der Waals surface area contributed by atoms with Crippen molar-refractivity contribution in [1.82, 2.24) is 5.32 Å². The third-order valence-electron chi connectivity index (χ3n) is 5.43. The van der Waals surface area contributed by atoms with E-state index >= 15 is 0 Å². The second-order valence-electron chi connectivity index (χ2n) is 6.95. The Hall–Kier alpha value is -1.39. The zero-order valence-corrected chi connectivity index (χ0v) is 13.7. The molecule has 4 heteroatoms. The van der Waals surface area contributed by atoms with Crippen molar-refractivity contribution in [3.05, 3.63) is 35.4 Å². The SMILES string of the molecule is O=C(NCC1(CCO)CCCCC1)C1OCCc2ccccc21. The molecule has 0 bridgehead atoms. The number of fused-ring (bicyclic) bond motifs is 1. The Bertz CT molecular complexity index is 532. The lowest BCUT2D eigenvalue weighted by atomic mass is 9.72. The maximum absolute atomic E-state index is 12.7. The van der Waals surface area contributed by atoms with Crippen molar-refractivity contribution in [1.29, 1.82) is 0 Å². The highest BCUT2D eigenvalue weighted by Crippen LogP contribution is 2.38. The number of hydrogen-bond donors (Lipinski definition) is 2. The van der Waals surface area contributed by atoms with Gasteiger partial charge in [-0.3, -0.25) is 4.79 Å². The Morgan fingerprint density at radius 3 is 2.83 bits per heavy atom. The Balaban J connectivity index is 1.65. The number of rotatable bonds is 5. The lowest BCUT2D eigenvalue weighted by Crippen LogP contribution is -2.42. The van der Waals surface area contributed by atoms with Crippen LogP contribution in [0.5, 0.6) is 0 Å². The van der Waals surface area contributed by atoms with E-state index in [1.807, 2.05) is 18.2 Å². The maximum Gasteiger partial charge on any atom is 0.253 e. The van der Waals surface area contributed by atoms with Crippen molar-refractivity contribution in [3.8, 4) is 0 Å². The molecule has 23 heavy (non-hydrogen) atoms. The van der Waals surface area contributed by atoms with E-state index in [0.29, 0.717) is 13.2 Å². The summed E-state index contributed by atoms with van der Waals surface area (Å²) in [6.45, 7) is 1.43. The van der Waals surface area contributed by atoms with E-state index in [1.165, 1.54) is 24.8 Å². The second kappa shape index (κ2) is 7.45. The molecule has 1 fully saturated rings. The van der Waals surface area contributed by atoms with Gasteiger partial charge in [0.15, 0.2) is 6.10 Å². The fourth-order valence-electron chi connectivity index (χ4n) is 4.03. The zero-order valence-electron chi connectivity index (χ0n) is 13.7. The van der Waals surface area contributed by atoms with Crippen LogP contribution in [-0.2, 0) is 16.0 Å². The van der Waals surface area contributed by atoms with Crippen LogP contribution in [-0.4, -0.2) is 30.8 Å². The van der Waals surface area contributed by atoms with Crippen LogP contribution in [0.3, 0.4) is 0 Å². The van der Waals surface area contributed by atoms with E-state index in [1.54, 1.807) is 0 Å². The van der Waals surface area contributed by atoms with Crippen molar-refractivity contribution in [2.75, 3.05) is 19.8 Å². The minimum absolute atomic E-state index is 0.0416. The van der Waals surface area contributed by atoms with Crippen LogP contribution in [0, 0.1) is 5.41 Å². The molecule has 0 spiro atoms. The highest BCUT2D eigenvalue weighted by atomic mass is 16.5. The minimum atomic E-state index is -0.491. The number of nitrogens with one attached hydrogen (secondary N) is 1. The van der Waals surface area contributed by atoms with Crippen molar-refractivity contribution in [2.45, 2.75) is 51.0 Å². The van der Waals surface area contributed by atoms with Crippen molar-refractivity contribution in [2.24, 2.45) is 5.41 Å². The third kappa shape index (κ3) is 3.75. The van der Waals surface area contributed by atoms with E-state index in [9.17, 15) is 9.90 Å². The Labute approximate surface area is 138 Å². The van der Waals surface area contributed by atoms with Gasteiger partial charge in [0.2, 0.25) is 0 Å². The molecule has 126 valence electrons. The van der Waals surface area contributed by atoms with Crippen LogP contribution < -0.4 is 5.32 Å². The Morgan fingerprint density at radius 1 is 1.26 bits per heavy atom. The summed E-state index contributed by atoms with van der Waals surface area (Å²) in [6.07, 6.45) is 6.99. The molecule has 0 saturated heterocycles. The molecule has 1 aromatic carbocycles. The van der Waals surface area contributed by atoms with E-state index in [2.05, 4.69) is 11.4 Å². The molecular weight excluding hydrogens is 290 g/mol. The summed E-state index contributed by atoms with van der Waals surface area (Å²) >= 11 is 0. The zero-order chi connectivity index (χ0) is 16.1. The van der Waals surface area contributed by atoms with Crippen molar-refractivity contribution in [3.63, 3.8) is 0 Å². The first kappa shape index (κ1) is 16.5. The van der Waals surface area contributed by atoms with Gasteiger partial charge < -0.3 is 15.2 Å². The predicted octanol–water partition coefficient (Wildman–Crippen LogP) is 2.75. The predicted molar refractivity (Wildman–Crippen MR) is 89.1 cm³/mol. The van der Waals surface area contributed by atoms with Gasteiger partial charge in [-0.2, -0.15) is 0 Å². The number of hydrogen-bond acceptors (Lipinski definition) is 3. The van der Waals surface area contributed by atoms with E-state index in [-0.39, 0.29) is 17.9 Å². The van der Waals surface area contributed by atoms with E-state index in [4.69, 9.17) is 4.74 Å². The summed E-state index contributed by atoms with van der Waals surface area (Å²) in [7, 11) is 0. The number of carbonyl (C=O) groups is 1. The highest BCUT2D eigenvalue weighted by Gasteiger charge is 2.34. The molecule has 2 N–H and O–H groups in total. The molecule has 0 aromatic heterocycles. The summed E-state index contributed by atoms with van der Waals surface area (Å²) in [5.41, 5.74) is 2.27. The molecule has 1 unspecified atom stereocenters. The van der Waals surface area contributed by atoms with Gasteiger partial charge >= 0.3 is 0 Å². The van der Waals surface area contributed by atoms with Crippen molar-refractivity contribution < 1.29 is 14.6 Å². The van der Waals surface area contributed by atoms with Gasteiger partial charge in [-0.25, -0.2) is 0 Å². The number of benzene rings is 1. The molecule has 1 aliphatic heterocycles. The topological polar surface area (TPSA) is 58.6 Å². The largest absolute Gasteiger partial charge is 0.396 e. The molecule has 1 saturated carbocycles. The molecule has 3 rings (SSSR count). The maximum atomic E-state index is 12.7. The Kier molecular flexibility index (Phi) is 5.34. The first-order chi connectivity index (χ1) is 11.2. The molecule has 1 aromatic rings. The van der Waals surface area contributed by atoms with Gasteiger partial charge in [-0.1, -0.05) is 43.5 Å². The molecular formula is C19H27NO3. The number of amides is 1. The summed E-state index contributed by atoms with van der Waals surface area (Å²) in [5.74, 6) is -0.0416. The van der Waals surface area contributed by atoms with Gasteiger partial charge in [0, 0.05) is 13.2 Å². The normalized spacial score (nSPS) is 23.1. The lowest BCUT2D eigenvalue weighted by Gasteiger charge is -2.37. The van der Waals surface area contributed by atoms with Crippen LogP contribution in [0.4, 0.5) is 0 Å². The molecule has 2 aliphatic rings. The standard InChI is InChI=1S/C19H27NO3/c21-12-11-19(9-4-1-5-10-19)14-20-18(22)17-16-7-3-2-6-15(16)8-13-23-17/h2-3,6-7,17,21H,1,4-5,8-14H2,(H,20,22). The molecule has 0 radical (unpaired) electrons. The monoisotopic (exact) mass is 317 g/mol.